The van der Waals surface area contributed by atoms with Crippen molar-refractivity contribution in [2.75, 3.05) is 6.54 Å². The van der Waals surface area contributed by atoms with Crippen LogP contribution in [-0.4, -0.2) is 24.7 Å². The molecule has 2 nitrogen and oxygen atoms in total. The van der Waals surface area contributed by atoms with Crippen LogP contribution in [0.15, 0.2) is 0 Å². The van der Waals surface area contributed by atoms with E-state index in [9.17, 15) is 0 Å². The molecule has 19 heavy (non-hydrogen) atoms. The van der Waals surface area contributed by atoms with Crippen LogP contribution in [-0.2, 0) is 0 Å². The summed E-state index contributed by atoms with van der Waals surface area (Å²) < 4.78 is 0. The van der Waals surface area contributed by atoms with Crippen molar-refractivity contribution < 1.29 is 0 Å². The fraction of sp³-hybridized carbons (Fsp3) is 1.00. The van der Waals surface area contributed by atoms with Crippen LogP contribution in [0.2, 0.25) is 0 Å². The molecule has 1 heterocycles. The summed E-state index contributed by atoms with van der Waals surface area (Å²) in [4.78, 5) is 0. The number of nitrogens with one attached hydrogen (secondary N) is 2. The van der Waals surface area contributed by atoms with Gasteiger partial charge >= 0.3 is 0 Å². The summed E-state index contributed by atoms with van der Waals surface area (Å²) in [6.45, 7) is 3.70. The summed E-state index contributed by atoms with van der Waals surface area (Å²) >= 11 is 0. The molecular formula is C17H32N2. The molecular weight excluding hydrogens is 232 g/mol. The lowest BCUT2D eigenvalue weighted by atomic mass is 9.78. The number of hydrogen-bond donors (Lipinski definition) is 2. The van der Waals surface area contributed by atoms with Crippen molar-refractivity contribution in [3.8, 4) is 0 Å². The number of hydrogen-bond acceptors (Lipinski definition) is 2. The van der Waals surface area contributed by atoms with E-state index in [4.69, 9.17) is 0 Å². The maximum atomic E-state index is 4.05. The highest BCUT2D eigenvalue weighted by atomic mass is 15.0. The molecule has 110 valence electrons. The van der Waals surface area contributed by atoms with E-state index in [0.717, 1.165) is 30.0 Å². The molecule has 3 fully saturated rings. The van der Waals surface area contributed by atoms with Gasteiger partial charge in [0.15, 0.2) is 0 Å². The maximum absolute atomic E-state index is 4.05. The van der Waals surface area contributed by atoms with Crippen LogP contribution < -0.4 is 10.6 Å². The fourth-order valence-corrected chi connectivity index (χ4v) is 4.86. The van der Waals surface area contributed by atoms with Crippen LogP contribution in [0, 0.1) is 11.8 Å². The first-order chi connectivity index (χ1) is 9.34. The van der Waals surface area contributed by atoms with Crippen LogP contribution in [0.4, 0.5) is 0 Å². The van der Waals surface area contributed by atoms with Gasteiger partial charge in [-0.15, -0.1) is 0 Å². The highest BCUT2D eigenvalue weighted by molar-refractivity contribution is 4.93. The van der Waals surface area contributed by atoms with Gasteiger partial charge in [-0.2, -0.15) is 0 Å². The molecule has 2 saturated carbocycles. The van der Waals surface area contributed by atoms with Gasteiger partial charge in [0.1, 0.15) is 0 Å². The Morgan fingerprint density at radius 3 is 2.37 bits per heavy atom. The molecule has 2 N–H and O–H groups in total. The Hall–Kier alpha value is -0.0800. The van der Waals surface area contributed by atoms with Crippen LogP contribution in [0.25, 0.3) is 0 Å². The molecule has 2 aliphatic carbocycles. The molecule has 2 heteroatoms. The summed E-state index contributed by atoms with van der Waals surface area (Å²) in [5, 5.41) is 7.81. The Labute approximate surface area is 119 Å². The quantitative estimate of drug-likeness (QED) is 0.812. The third-order valence-electron chi connectivity index (χ3n) is 6.02. The maximum Gasteiger partial charge on any atom is 0.0113 e. The first-order valence-corrected chi connectivity index (χ1v) is 8.84. The largest absolute Gasteiger partial charge is 0.314 e. The Morgan fingerprint density at radius 1 is 0.895 bits per heavy atom. The molecule has 0 amide bonds. The highest BCUT2D eigenvalue weighted by Gasteiger charge is 2.34. The minimum absolute atomic E-state index is 0.745. The van der Waals surface area contributed by atoms with Crippen LogP contribution in [0.3, 0.4) is 0 Å². The van der Waals surface area contributed by atoms with Gasteiger partial charge in [0, 0.05) is 18.1 Å². The lowest BCUT2D eigenvalue weighted by molar-refractivity contribution is 0.188. The second-order valence-corrected chi connectivity index (χ2v) is 7.26. The third-order valence-corrected chi connectivity index (χ3v) is 6.02. The molecule has 0 radical (unpaired) electrons. The van der Waals surface area contributed by atoms with E-state index in [-0.39, 0.29) is 0 Å². The SMILES string of the molecule is C[C@H](NC1CCCCC1C1CCCN1)C1CCCC1. The zero-order valence-electron chi connectivity index (χ0n) is 12.7. The van der Waals surface area contributed by atoms with Gasteiger partial charge in [-0.3, -0.25) is 0 Å². The van der Waals surface area contributed by atoms with Gasteiger partial charge in [-0.1, -0.05) is 25.7 Å². The van der Waals surface area contributed by atoms with E-state index in [0.29, 0.717) is 0 Å². The molecule has 4 atom stereocenters. The van der Waals surface area contributed by atoms with E-state index in [1.165, 1.54) is 70.8 Å². The number of rotatable bonds is 4. The molecule has 3 aliphatic rings. The highest BCUT2D eigenvalue weighted by Crippen LogP contribution is 2.33. The topological polar surface area (TPSA) is 24.1 Å². The lowest BCUT2D eigenvalue weighted by Crippen LogP contribution is -2.50. The minimum atomic E-state index is 0.745. The van der Waals surface area contributed by atoms with Crippen molar-refractivity contribution in [2.45, 2.75) is 89.3 Å². The standard InChI is InChI=1S/C17H32N2/c1-13(14-7-2-3-8-14)19-17-10-5-4-9-15(17)16-11-6-12-18-16/h13-19H,2-12H2,1H3/t13-,15?,16?,17?/m0/s1. The van der Waals surface area contributed by atoms with Crippen molar-refractivity contribution in [1.29, 1.82) is 0 Å². The van der Waals surface area contributed by atoms with Crippen molar-refractivity contribution in [3.05, 3.63) is 0 Å². The monoisotopic (exact) mass is 264 g/mol. The summed E-state index contributed by atoms with van der Waals surface area (Å²) in [6.07, 6.45) is 14.4. The second kappa shape index (κ2) is 6.58. The minimum Gasteiger partial charge on any atom is -0.314 e. The van der Waals surface area contributed by atoms with Crippen molar-refractivity contribution >= 4 is 0 Å². The molecule has 3 rings (SSSR count). The first-order valence-electron chi connectivity index (χ1n) is 8.84. The average molecular weight is 264 g/mol. The first kappa shape index (κ1) is 13.9. The Balaban J connectivity index is 1.56. The molecule has 1 saturated heterocycles. The molecule has 0 aromatic rings. The fourth-order valence-electron chi connectivity index (χ4n) is 4.86. The Bertz CT molecular complexity index is 266. The van der Waals surface area contributed by atoms with Crippen LogP contribution in [0.1, 0.15) is 71.1 Å². The Kier molecular flexibility index (Phi) is 4.81. The lowest BCUT2D eigenvalue weighted by Gasteiger charge is -2.39. The summed E-state index contributed by atoms with van der Waals surface area (Å²) in [6, 6.07) is 2.35. The van der Waals surface area contributed by atoms with E-state index >= 15 is 0 Å². The summed E-state index contributed by atoms with van der Waals surface area (Å²) in [5.41, 5.74) is 0. The van der Waals surface area contributed by atoms with E-state index in [1.54, 1.807) is 0 Å². The molecule has 0 aromatic heterocycles. The van der Waals surface area contributed by atoms with Gasteiger partial charge in [0.2, 0.25) is 0 Å². The summed E-state index contributed by atoms with van der Waals surface area (Å²) in [7, 11) is 0. The van der Waals surface area contributed by atoms with Gasteiger partial charge in [-0.05, 0) is 63.8 Å². The Morgan fingerprint density at radius 2 is 1.63 bits per heavy atom. The normalized spacial score (nSPS) is 38.7. The van der Waals surface area contributed by atoms with Gasteiger partial charge in [0.25, 0.3) is 0 Å². The molecule has 0 aromatic carbocycles. The molecule has 0 bridgehead atoms. The molecule has 0 spiro atoms. The van der Waals surface area contributed by atoms with E-state index < -0.39 is 0 Å². The van der Waals surface area contributed by atoms with Gasteiger partial charge in [0.05, 0.1) is 0 Å². The van der Waals surface area contributed by atoms with Gasteiger partial charge in [-0.25, -0.2) is 0 Å². The predicted octanol–water partition coefficient (Wildman–Crippen LogP) is 3.47. The smallest absolute Gasteiger partial charge is 0.0113 e. The molecule has 3 unspecified atom stereocenters. The molecule has 1 aliphatic heterocycles. The van der Waals surface area contributed by atoms with Crippen LogP contribution in [0.5, 0.6) is 0 Å². The second-order valence-electron chi connectivity index (χ2n) is 7.26. The van der Waals surface area contributed by atoms with Crippen molar-refractivity contribution in [2.24, 2.45) is 11.8 Å². The van der Waals surface area contributed by atoms with Gasteiger partial charge < -0.3 is 10.6 Å². The third kappa shape index (κ3) is 3.33. The predicted molar refractivity (Wildman–Crippen MR) is 81.3 cm³/mol. The zero-order chi connectivity index (χ0) is 13.1. The van der Waals surface area contributed by atoms with Crippen molar-refractivity contribution in [3.63, 3.8) is 0 Å². The van der Waals surface area contributed by atoms with E-state index in [1.807, 2.05) is 0 Å². The zero-order valence-corrected chi connectivity index (χ0v) is 12.7. The van der Waals surface area contributed by atoms with E-state index in [2.05, 4.69) is 17.6 Å². The van der Waals surface area contributed by atoms with Crippen LogP contribution >= 0.6 is 0 Å². The van der Waals surface area contributed by atoms with Crippen molar-refractivity contribution in [1.82, 2.24) is 10.6 Å². The summed E-state index contributed by atoms with van der Waals surface area (Å²) in [5.74, 6) is 1.86. The average Bonchev–Trinajstić information content (AvgIpc) is 3.13.